The van der Waals surface area contributed by atoms with E-state index in [4.69, 9.17) is 9.47 Å². The second-order valence-electron chi connectivity index (χ2n) is 6.51. The Labute approximate surface area is 154 Å². The number of aromatic nitrogens is 2. The Hall–Kier alpha value is -2.76. The second-order valence-corrected chi connectivity index (χ2v) is 6.51. The molecule has 0 unspecified atom stereocenters. The van der Waals surface area contributed by atoms with Crippen LogP contribution in [0.25, 0.3) is 6.08 Å². The van der Waals surface area contributed by atoms with Gasteiger partial charge in [0, 0.05) is 25.4 Å². The lowest BCUT2D eigenvalue weighted by Gasteiger charge is -2.33. The summed E-state index contributed by atoms with van der Waals surface area (Å²) in [4.78, 5) is 19.0. The molecule has 0 bridgehead atoms. The van der Waals surface area contributed by atoms with Gasteiger partial charge in [0.2, 0.25) is 0 Å². The lowest BCUT2D eigenvalue weighted by atomic mass is 10.1. The monoisotopic (exact) mass is 355 g/mol. The fourth-order valence-electron chi connectivity index (χ4n) is 3.00. The SMILES string of the molecule is CCCn1cnc(/C=C2/O[C@H](C)CN(Cc3ccc(OC)cc3)C2=O)c1. The summed E-state index contributed by atoms with van der Waals surface area (Å²) in [7, 11) is 1.64. The van der Waals surface area contributed by atoms with Gasteiger partial charge in [0.25, 0.3) is 5.91 Å². The van der Waals surface area contributed by atoms with Gasteiger partial charge in [-0.2, -0.15) is 0 Å². The van der Waals surface area contributed by atoms with E-state index in [1.165, 1.54) is 0 Å². The Morgan fingerprint density at radius 1 is 1.35 bits per heavy atom. The van der Waals surface area contributed by atoms with Crippen LogP contribution in [0.3, 0.4) is 0 Å². The summed E-state index contributed by atoms with van der Waals surface area (Å²) in [5, 5.41) is 0. The maximum Gasteiger partial charge on any atom is 0.289 e. The number of methoxy groups -OCH3 is 1. The highest BCUT2D eigenvalue weighted by Crippen LogP contribution is 2.21. The molecule has 26 heavy (non-hydrogen) atoms. The Morgan fingerprint density at radius 3 is 2.81 bits per heavy atom. The number of ether oxygens (including phenoxy) is 2. The minimum absolute atomic E-state index is 0.0603. The number of imidazole rings is 1. The lowest BCUT2D eigenvalue weighted by molar-refractivity contribution is -0.139. The van der Waals surface area contributed by atoms with Crippen molar-refractivity contribution in [2.45, 2.75) is 39.5 Å². The van der Waals surface area contributed by atoms with E-state index >= 15 is 0 Å². The molecule has 2 aromatic rings. The molecule has 1 aromatic heterocycles. The fraction of sp³-hybridized carbons (Fsp3) is 0.400. The number of rotatable bonds is 6. The van der Waals surface area contributed by atoms with E-state index in [1.54, 1.807) is 19.5 Å². The minimum atomic E-state index is -0.107. The third-order valence-corrected chi connectivity index (χ3v) is 4.25. The molecule has 0 radical (unpaired) electrons. The molecule has 1 fully saturated rings. The van der Waals surface area contributed by atoms with Gasteiger partial charge in [-0.3, -0.25) is 4.79 Å². The number of morpholine rings is 1. The molecule has 2 heterocycles. The smallest absolute Gasteiger partial charge is 0.289 e. The Kier molecular flexibility index (Phi) is 5.61. The first-order chi connectivity index (χ1) is 12.6. The molecule has 0 spiro atoms. The van der Waals surface area contributed by atoms with Gasteiger partial charge >= 0.3 is 0 Å². The largest absolute Gasteiger partial charge is 0.497 e. The highest BCUT2D eigenvalue weighted by molar-refractivity contribution is 5.96. The van der Waals surface area contributed by atoms with Crippen LogP contribution in [0, 0.1) is 0 Å². The van der Waals surface area contributed by atoms with Gasteiger partial charge in [-0.1, -0.05) is 19.1 Å². The summed E-state index contributed by atoms with van der Waals surface area (Å²) in [6.45, 7) is 6.09. The van der Waals surface area contributed by atoms with Gasteiger partial charge in [-0.15, -0.1) is 0 Å². The molecule has 6 heteroatoms. The summed E-state index contributed by atoms with van der Waals surface area (Å²) in [5.41, 5.74) is 1.79. The van der Waals surface area contributed by atoms with Crippen molar-refractivity contribution in [1.29, 1.82) is 0 Å². The van der Waals surface area contributed by atoms with E-state index in [0.29, 0.717) is 18.8 Å². The van der Waals surface area contributed by atoms with Crippen molar-refractivity contribution in [2.75, 3.05) is 13.7 Å². The molecular formula is C20H25N3O3. The van der Waals surface area contributed by atoms with Crippen LogP contribution in [0.1, 0.15) is 31.5 Å². The first kappa shape index (κ1) is 18.0. The van der Waals surface area contributed by atoms with Crippen molar-refractivity contribution in [1.82, 2.24) is 14.5 Å². The summed E-state index contributed by atoms with van der Waals surface area (Å²) in [6, 6.07) is 7.76. The molecule has 1 amide bonds. The van der Waals surface area contributed by atoms with E-state index in [1.807, 2.05) is 46.9 Å². The Bertz CT molecular complexity index is 780. The average molecular weight is 355 g/mol. The van der Waals surface area contributed by atoms with Crippen LogP contribution in [-0.4, -0.2) is 40.1 Å². The molecule has 138 valence electrons. The van der Waals surface area contributed by atoms with E-state index in [0.717, 1.165) is 30.0 Å². The van der Waals surface area contributed by atoms with Crippen molar-refractivity contribution >= 4 is 12.0 Å². The maximum atomic E-state index is 12.8. The standard InChI is InChI=1S/C20H25N3O3/c1-4-9-22-13-17(21-14-22)10-19-20(24)23(11-15(2)26-19)12-16-5-7-18(25-3)8-6-16/h5-8,10,13-15H,4,9,11-12H2,1-3H3/b19-10+/t15-/m1/s1. The topological polar surface area (TPSA) is 56.6 Å². The van der Waals surface area contributed by atoms with Gasteiger partial charge in [0.1, 0.15) is 11.9 Å². The summed E-state index contributed by atoms with van der Waals surface area (Å²) in [5.74, 6) is 1.04. The van der Waals surface area contributed by atoms with Crippen molar-refractivity contribution in [2.24, 2.45) is 0 Å². The second kappa shape index (κ2) is 8.08. The van der Waals surface area contributed by atoms with Crippen LogP contribution in [0.4, 0.5) is 0 Å². The fourth-order valence-corrected chi connectivity index (χ4v) is 3.00. The number of hydrogen-bond donors (Lipinski definition) is 0. The number of aryl methyl sites for hydroxylation is 1. The van der Waals surface area contributed by atoms with Gasteiger partial charge in [-0.25, -0.2) is 4.98 Å². The van der Waals surface area contributed by atoms with Crippen LogP contribution < -0.4 is 4.74 Å². The molecule has 1 atom stereocenters. The summed E-state index contributed by atoms with van der Waals surface area (Å²) >= 11 is 0. The highest BCUT2D eigenvalue weighted by Gasteiger charge is 2.29. The lowest BCUT2D eigenvalue weighted by Crippen LogP contribution is -2.43. The molecule has 1 saturated heterocycles. The van der Waals surface area contributed by atoms with E-state index in [2.05, 4.69) is 11.9 Å². The van der Waals surface area contributed by atoms with Crippen LogP contribution in [-0.2, 0) is 22.6 Å². The van der Waals surface area contributed by atoms with Crippen molar-refractivity contribution in [3.8, 4) is 5.75 Å². The van der Waals surface area contributed by atoms with Crippen LogP contribution >= 0.6 is 0 Å². The average Bonchev–Trinajstić information content (AvgIpc) is 3.07. The van der Waals surface area contributed by atoms with Crippen molar-refractivity contribution in [3.63, 3.8) is 0 Å². The van der Waals surface area contributed by atoms with E-state index in [-0.39, 0.29) is 12.0 Å². The minimum Gasteiger partial charge on any atom is -0.497 e. The summed E-state index contributed by atoms with van der Waals surface area (Å²) in [6.07, 6.45) is 6.41. The van der Waals surface area contributed by atoms with Crippen LogP contribution in [0.5, 0.6) is 5.75 Å². The Morgan fingerprint density at radius 2 is 2.12 bits per heavy atom. The van der Waals surface area contributed by atoms with Gasteiger partial charge < -0.3 is 18.9 Å². The zero-order chi connectivity index (χ0) is 18.5. The van der Waals surface area contributed by atoms with Crippen LogP contribution in [0.2, 0.25) is 0 Å². The molecule has 1 aliphatic rings. The molecule has 0 aliphatic carbocycles. The molecule has 0 saturated carbocycles. The van der Waals surface area contributed by atoms with Crippen molar-refractivity contribution in [3.05, 3.63) is 53.8 Å². The zero-order valence-corrected chi connectivity index (χ0v) is 15.5. The summed E-state index contributed by atoms with van der Waals surface area (Å²) < 4.78 is 13.0. The molecule has 6 nitrogen and oxygen atoms in total. The molecule has 0 N–H and O–H groups in total. The van der Waals surface area contributed by atoms with E-state index in [9.17, 15) is 4.79 Å². The maximum absolute atomic E-state index is 12.8. The highest BCUT2D eigenvalue weighted by atomic mass is 16.5. The zero-order valence-electron chi connectivity index (χ0n) is 15.5. The number of benzene rings is 1. The number of hydrogen-bond acceptors (Lipinski definition) is 4. The van der Waals surface area contributed by atoms with Gasteiger partial charge in [0.05, 0.1) is 25.7 Å². The molecule has 1 aromatic carbocycles. The molecule has 1 aliphatic heterocycles. The molecule has 3 rings (SSSR count). The predicted octanol–water partition coefficient (Wildman–Crippen LogP) is 3.09. The van der Waals surface area contributed by atoms with E-state index < -0.39 is 0 Å². The van der Waals surface area contributed by atoms with Crippen molar-refractivity contribution < 1.29 is 14.3 Å². The van der Waals surface area contributed by atoms with Gasteiger partial charge in [0.15, 0.2) is 5.76 Å². The first-order valence-corrected chi connectivity index (χ1v) is 8.91. The van der Waals surface area contributed by atoms with Crippen LogP contribution in [0.15, 0.2) is 42.5 Å². The Balaban J connectivity index is 1.75. The quantitative estimate of drug-likeness (QED) is 0.747. The van der Waals surface area contributed by atoms with Gasteiger partial charge in [-0.05, 0) is 31.0 Å². The third-order valence-electron chi connectivity index (χ3n) is 4.25. The normalized spacial score (nSPS) is 18.9. The number of amides is 1. The predicted molar refractivity (Wildman–Crippen MR) is 99.5 cm³/mol. The number of carbonyl (C=O) groups is 1. The third kappa shape index (κ3) is 4.25. The number of nitrogens with zero attached hydrogens (tertiary/aromatic N) is 3. The number of carbonyl (C=O) groups excluding carboxylic acids is 1. The molecular weight excluding hydrogens is 330 g/mol. The first-order valence-electron chi connectivity index (χ1n) is 8.91.